The fourth-order valence-electron chi connectivity index (χ4n) is 1.24. The first-order valence-electron chi connectivity index (χ1n) is 5.84. The highest BCUT2D eigenvalue weighted by atomic mass is 16.5. The van der Waals surface area contributed by atoms with E-state index in [-0.39, 0.29) is 6.03 Å². The molecular formula is C11H23N4O3+. The minimum atomic E-state index is -0.549. The van der Waals surface area contributed by atoms with E-state index in [2.05, 4.69) is 15.4 Å². The smallest absolute Gasteiger partial charge is 0.441 e. The van der Waals surface area contributed by atoms with Gasteiger partial charge in [-0.2, -0.15) is 10.2 Å². The normalized spacial score (nSPS) is 9.39. The molecule has 0 radical (unpaired) electrons. The monoisotopic (exact) mass is 259 g/mol. The summed E-state index contributed by atoms with van der Waals surface area (Å²) in [6, 6.07) is -0.345. The molecule has 0 rings (SSSR count). The molecule has 0 aliphatic rings. The molecule has 0 aromatic heterocycles. The van der Waals surface area contributed by atoms with Gasteiger partial charge in [0.05, 0.1) is 28.3 Å². The zero-order valence-electron chi connectivity index (χ0n) is 11.7. The molecule has 0 heterocycles. The summed E-state index contributed by atoms with van der Waals surface area (Å²) >= 11 is 0. The van der Waals surface area contributed by atoms with Crippen molar-refractivity contribution >= 4 is 18.1 Å². The molecule has 7 heteroatoms. The molecule has 2 N–H and O–H groups in total. The third-order valence-corrected chi connectivity index (χ3v) is 2.23. The topological polar surface area (TPSA) is 73.7 Å². The van der Waals surface area contributed by atoms with Gasteiger partial charge < -0.3 is 10.1 Å². The molecule has 0 saturated carbocycles. The van der Waals surface area contributed by atoms with Gasteiger partial charge >= 0.3 is 18.1 Å². The number of ether oxygens (including phenoxy) is 1. The number of nitrogens with one attached hydrogen (secondary N) is 2. The molecule has 18 heavy (non-hydrogen) atoms. The van der Waals surface area contributed by atoms with Crippen LogP contribution >= 0.6 is 0 Å². The molecule has 0 aliphatic carbocycles. The Morgan fingerprint density at radius 2 is 1.94 bits per heavy atom. The number of unbranched alkanes of at least 4 members (excludes halogenated alkanes) is 1. The van der Waals surface area contributed by atoms with Crippen molar-refractivity contribution in [3.8, 4) is 0 Å². The predicted molar refractivity (Wildman–Crippen MR) is 68.7 cm³/mol. The number of carbonyl (C=O) groups is 2. The van der Waals surface area contributed by atoms with Crippen LogP contribution in [-0.2, 0) is 4.74 Å². The maximum atomic E-state index is 11.6. The lowest BCUT2D eigenvalue weighted by atomic mass is 10.3. The standard InChI is InChI=1S/C11H22N4O3/c1-6-7-8-12-9(16)13-10(14(2)3)15(4)11(17)18-5/h6-8H2,1-5H3,(H,12,16)/p+1. The summed E-state index contributed by atoms with van der Waals surface area (Å²) in [7, 11) is 6.25. The molecular weight excluding hydrogens is 236 g/mol. The average Bonchev–Trinajstić information content (AvgIpc) is 2.34. The van der Waals surface area contributed by atoms with Crippen LogP contribution in [0.25, 0.3) is 0 Å². The molecule has 0 aliphatic heterocycles. The summed E-state index contributed by atoms with van der Waals surface area (Å²) in [6.45, 7) is 2.65. The van der Waals surface area contributed by atoms with Crippen molar-refractivity contribution in [2.24, 2.45) is 0 Å². The van der Waals surface area contributed by atoms with Crippen LogP contribution in [0.2, 0.25) is 0 Å². The SMILES string of the molecule is CCCCNC(=O)NC(N(C)C(=O)OC)=[N+](C)C. The van der Waals surface area contributed by atoms with E-state index in [4.69, 9.17) is 0 Å². The number of rotatable bonds is 3. The van der Waals surface area contributed by atoms with Crippen molar-refractivity contribution in [2.75, 3.05) is 34.8 Å². The van der Waals surface area contributed by atoms with Gasteiger partial charge in [-0.25, -0.2) is 9.59 Å². The minimum Gasteiger partial charge on any atom is -0.441 e. The van der Waals surface area contributed by atoms with Gasteiger partial charge in [0.1, 0.15) is 0 Å². The largest absolute Gasteiger partial charge is 0.478 e. The maximum Gasteiger partial charge on any atom is 0.478 e. The van der Waals surface area contributed by atoms with E-state index in [9.17, 15) is 9.59 Å². The zero-order valence-corrected chi connectivity index (χ0v) is 11.7. The van der Waals surface area contributed by atoms with Crippen LogP contribution in [0.15, 0.2) is 0 Å². The second-order valence-corrected chi connectivity index (χ2v) is 3.98. The van der Waals surface area contributed by atoms with Gasteiger partial charge in [0, 0.05) is 6.54 Å². The quantitative estimate of drug-likeness (QED) is 0.334. The van der Waals surface area contributed by atoms with Crippen LogP contribution in [0.4, 0.5) is 9.59 Å². The summed E-state index contributed by atoms with van der Waals surface area (Å²) in [5.41, 5.74) is 0. The fraction of sp³-hybridized carbons (Fsp3) is 0.727. The van der Waals surface area contributed by atoms with Crippen LogP contribution in [0.5, 0.6) is 0 Å². The van der Waals surface area contributed by atoms with Gasteiger partial charge in [0.15, 0.2) is 0 Å². The zero-order chi connectivity index (χ0) is 14.1. The Hall–Kier alpha value is -1.79. The molecule has 0 aromatic rings. The van der Waals surface area contributed by atoms with Crippen molar-refractivity contribution < 1.29 is 18.9 Å². The number of hydrogen-bond acceptors (Lipinski definition) is 3. The molecule has 104 valence electrons. The summed E-state index contributed by atoms with van der Waals surface area (Å²) in [4.78, 5) is 24.2. The Balaban J connectivity index is 4.52. The van der Waals surface area contributed by atoms with Gasteiger partial charge in [-0.15, -0.1) is 0 Å². The Morgan fingerprint density at radius 3 is 2.39 bits per heavy atom. The van der Waals surface area contributed by atoms with Crippen molar-refractivity contribution in [2.45, 2.75) is 19.8 Å². The first kappa shape index (κ1) is 16.2. The maximum absolute atomic E-state index is 11.6. The summed E-state index contributed by atoms with van der Waals surface area (Å²) in [5, 5.41) is 5.31. The van der Waals surface area contributed by atoms with Gasteiger partial charge in [0.25, 0.3) is 0 Å². The van der Waals surface area contributed by atoms with Gasteiger partial charge in [-0.1, -0.05) is 13.3 Å². The fourth-order valence-corrected chi connectivity index (χ4v) is 1.24. The number of nitrogens with zero attached hydrogens (tertiary/aromatic N) is 2. The number of hydrogen-bond donors (Lipinski definition) is 2. The van der Waals surface area contributed by atoms with Gasteiger partial charge in [-0.05, 0) is 6.42 Å². The molecule has 0 bridgehead atoms. The summed E-state index contributed by atoms with van der Waals surface area (Å²) in [6.07, 6.45) is 1.37. The molecule has 0 unspecified atom stereocenters. The molecule has 0 atom stereocenters. The summed E-state index contributed by atoms with van der Waals surface area (Å²) in [5.74, 6) is 0.343. The Labute approximate surface area is 108 Å². The van der Waals surface area contributed by atoms with E-state index in [0.717, 1.165) is 12.8 Å². The number of amides is 3. The summed E-state index contributed by atoms with van der Waals surface area (Å²) < 4.78 is 6.21. The van der Waals surface area contributed by atoms with Crippen LogP contribution in [0.1, 0.15) is 19.8 Å². The number of urea groups is 1. The van der Waals surface area contributed by atoms with Gasteiger partial charge in [0.2, 0.25) is 0 Å². The Morgan fingerprint density at radius 1 is 1.33 bits per heavy atom. The number of guanidine groups is 1. The average molecular weight is 259 g/mol. The molecule has 3 amide bonds. The van der Waals surface area contributed by atoms with Crippen LogP contribution in [0, 0.1) is 0 Å². The van der Waals surface area contributed by atoms with E-state index in [0.29, 0.717) is 12.5 Å². The van der Waals surface area contributed by atoms with Crippen molar-refractivity contribution in [1.29, 1.82) is 0 Å². The first-order chi connectivity index (χ1) is 8.43. The Bertz CT molecular complexity index is 324. The number of methoxy groups -OCH3 is 1. The third kappa shape index (κ3) is 5.51. The van der Waals surface area contributed by atoms with E-state index < -0.39 is 6.09 Å². The van der Waals surface area contributed by atoms with Crippen LogP contribution < -0.4 is 10.6 Å². The van der Waals surface area contributed by atoms with Crippen molar-refractivity contribution in [3.63, 3.8) is 0 Å². The lowest BCUT2D eigenvalue weighted by Gasteiger charge is -2.13. The molecule has 0 fully saturated rings. The van der Waals surface area contributed by atoms with Crippen molar-refractivity contribution in [1.82, 2.24) is 15.5 Å². The van der Waals surface area contributed by atoms with Crippen LogP contribution in [-0.4, -0.2) is 62.4 Å². The van der Waals surface area contributed by atoms with Crippen LogP contribution in [0.3, 0.4) is 0 Å². The second kappa shape index (κ2) is 8.32. The first-order valence-corrected chi connectivity index (χ1v) is 5.84. The van der Waals surface area contributed by atoms with E-state index in [1.807, 2.05) is 6.92 Å². The predicted octanol–water partition coefficient (Wildman–Crippen LogP) is 0.412. The lowest BCUT2D eigenvalue weighted by molar-refractivity contribution is -0.471. The highest BCUT2D eigenvalue weighted by molar-refractivity contribution is 5.99. The highest BCUT2D eigenvalue weighted by Crippen LogP contribution is 1.90. The van der Waals surface area contributed by atoms with Crippen molar-refractivity contribution in [3.05, 3.63) is 0 Å². The Kier molecular flexibility index (Phi) is 7.50. The van der Waals surface area contributed by atoms with E-state index >= 15 is 0 Å². The molecule has 0 aromatic carbocycles. The molecule has 7 nitrogen and oxygen atoms in total. The third-order valence-electron chi connectivity index (χ3n) is 2.23. The highest BCUT2D eigenvalue weighted by Gasteiger charge is 2.26. The molecule has 0 saturated heterocycles. The van der Waals surface area contributed by atoms with E-state index in [1.54, 1.807) is 18.7 Å². The van der Waals surface area contributed by atoms with E-state index in [1.165, 1.54) is 19.1 Å². The lowest BCUT2D eigenvalue weighted by Crippen LogP contribution is -2.52. The molecule has 0 spiro atoms. The van der Waals surface area contributed by atoms with Gasteiger partial charge in [-0.3, -0.25) is 4.58 Å². The second-order valence-electron chi connectivity index (χ2n) is 3.98. The minimum absolute atomic E-state index is 0.343. The number of carbonyl (C=O) groups excluding carboxylic acids is 2.